The van der Waals surface area contributed by atoms with Gasteiger partial charge >= 0.3 is 11.9 Å². The Hall–Kier alpha value is -1.84. The van der Waals surface area contributed by atoms with Gasteiger partial charge in [0, 0.05) is 12.8 Å². The summed E-state index contributed by atoms with van der Waals surface area (Å²) in [5.41, 5.74) is 2.06. The maximum absolute atomic E-state index is 11.9. The summed E-state index contributed by atoms with van der Waals surface area (Å²) >= 11 is 0. The van der Waals surface area contributed by atoms with Crippen LogP contribution >= 0.6 is 0 Å². The van der Waals surface area contributed by atoms with E-state index >= 15 is 0 Å². The van der Waals surface area contributed by atoms with E-state index in [1.54, 1.807) is 6.07 Å². The van der Waals surface area contributed by atoms with Gasteiger partial charge in [0.1, 0.15) is 5.75 Å². The largest absolute Gasteiger partial charge is 0.465 e. The Morgan fingerprint density at radius 2 is 1.75 bits per heavy atom. The molecule has 0 N–H and O–H groups in total. The lowest BCUT2D eigenvalue weighted by atomic mass is 9.90. The first-order valence-corrected chi connectivity index (χ1v) is 8.99. The van der Waals surface area contributed by atoms with E-state index in [0.29, 0.717) is 24.7 Å². The van der Waals surface area contributed by atoms with Gasteiger partial charge in [-0.05, 0) is 56.2 Å². The summed E-state index contributed by atoms with van der Waals surface area (Å²) in [7, 11) is 0. The fourth-order valence-electron chi connectivity index (χ4n) is 3.02. The highest BCUT2D eigenvalue weighted by molar-refractivity contribution is 5.74. The maximum Gasteiger partial charge on any atom is 0.311 e. The van der Waals surface area contributed by atoms with Gasteiger partial charge in [0.15, 0.2) is 0 Å². The third kappa shape index (κ3) is 5.99. The van der Waals surface area contributed by atoms with Gasteiger partial charge in [-0.2, -0.15) is 0 Å². The van der Waals surface area contributed by atoms with Gasteiger partial charge in [-0.25, -0.2) is 0 Å². The van der Waals surface area contributed by atoms with Gasteiger partial charge < -0.3 is 9.47 Å². The maximum atomic E-state index is 11.9. The lowest BCUT2D eigenvalue weighted by Gasteiger charge is -2.20. The fraction of sp³-hybridized carbons (Fsp3) is 0.600. The summed E-state index contributed by atoms with van der Waals surface area (Å²) < 4.78 is 10.7. The van der Waals surface area contributed by atoms with Crippen molar-refractivity contribution in [2.24, 2.45) is 5.92 Å². The van der Waals surface area contributed by atoms with Gasteiger partial charge in [0.05, 0.1) is 6.61 Å². The Kier molecular flexibility index (Phi) is 7.29. The second kappa shape index (κ2) is 9.45. The molecule has 1 aliphatic rings. The zero-order valence-corrected chi connectivity index (χ0v) is 14.8. The first kappa shape index (κ1) is 18.5. The normalized spacial score (nSPS) is 15.1. The number of ether oxygens (including phenoxy) is 2. The first-order valence-electron chi connectivity index (χ1n) is 8.99. The first-order chi connectivity index (χ1) is 11.6. The predicted octanol–water partition coefficient (Wildman–Crippen LogP) is 4.50. The van der Waals surface area contributed by atoms with E-state index in [0.717, 1.165) is 24.0 Å². The molecule has 0 aliphatic heterocycles. The van der Waals surface area contributed by atoms with Crippen LogP contribution in [0.1, 0.15) is 62.5 Å². The predicted molar refractivity (Wildman–Crippen MR) is 92.9 cm³/mol. The number of benzene rings is 1. The highest BCUT2D eigenvalue weighted by atomic mass is 16.5. The van der Waals surface area contributed by atoms with Crippen LogP contribution < -0.4 is 4.74 Å². The third-order valence-corrected chi connectivity index (χ3v) is 4.75. The number of carbonyl (C=O) groups is 2. The molecule has 1 aromatic carbocycles. The number of hydrogen-bond acceptors (Lipinski definition) is 4. The van der Waals surface area contributed by atoms with Crippen LogP contribution in [0, 0.1) is 19.8 Å². The molecule has 1 aliphatic carbocycles. The van der Waals surface area contributed by atoms with Gasteiger partial charge in [-0.15, -0.1) is 0 Å². The van der Waals surface area contributed by atoms with E-state index in [1.807, 2.05) is 26.0 Å². The third-order valence-electron chi connectivity index (χ3n) is 4.75. The standard InChI is InChI=1S/C20H28O4/c1-15-8-6-11-18(16(15)2)24-20(22)13-7-12-19(21)23-14-17-9-4-3-5-10-17/h6,8,11,17H,3-5,7,9-10,12-14H2,1-2H3. The van der Waals surface area contributed by atoms with Crippen molar-refractivity contribution < 1.29 is 19.1 Å². The van der Waals surface area contributed by atoms with Crippen LogP contribution in [0.2, 0.25) is 0 Å². The van der Waals surface area contributed by atoms with Crippen LogP contribution in [0.25, 0.3) is 0 Å². The van der Waals surface area contributed by atoms with Crippen LogP contribution in [-0.2, 0) is 14.3 Å². The molecule has 0 unspecified atom stereocenters. The summed E-state index contributed by atoms with van der Waals surface area (Å²) in [5.74, 6) is 0.612. The molecule has 2 rings (SSSR count). The number of rotatable bonds is 7. The molecule has 1 fully saturated rings. The molecular formula is C20H28O4. The molecule has 0 bridgehead atoms. The summed E-state index contributed by atoms with van der Waals surface area (Å²) in [6.07, 6.45) is 7.07. The monoisotopic (exact) mass is 332 g/mol. The van der Waals surface area contributed by atoms with Crippen molar-refractivity contribution >= 4 is 11.9 Å². The van der Waals surface area contributed by atoms with Gasteiger partial charge in [-0.1, -0.05) is 31.4 Å². The minimum atomic E-state index is -0.302. The molecule has 0 amide bonds. The van der Waals surface area contributed by atoms with Crippen molar-refractivity contribution in [1.29, 1.82) is 0 Å². The number of esters is 2. The van der Waals surface area contributed by atoms with Crippen molar-refractivity contribution in [2.45, 2.75) is 65.2 Å². The van der Waals surface area contributed by atoms with Crippen LogP contribution in [0.3, 0.4) is 0 Å². The molecule has 0 spiro atoms. The average molecular weight is 332 g/mol. The lowest BCUT2D eigenvalue weighted by molar-refractivity contribution is -0.145. The van der Waals surface area contributed by atoms with E-state index in [9.17, 15) is 9.59 Å². The van der Waals surface area contributed by atoms with Crippen molar-refractivity contribution in [3.63, 3.8) is 0 Å². The Labute approximate surface area is 144 Å². The van der Waals surface area contributed by atoms with E-state index in [-0.39, 0.29) is 24.8 Å². The van der Waals surface area contributed by atoms with Crippen molar-refractivity contribution in [3.05, 3.63) is 29.3 Å². The van der Waals surface area contributed by atoms with Crippen molar-refractivity contribution in [3.8, 4) is 5.75 Å². The molecule has 0 heterocycles. The minimum absolute atomic E-state index is 0.208. The summed E-state index contributed by atoms with van der Waals surface area (Å²) in [6, 6.07) is 5.64. The van der Waals surface area contributed by atoms with Crippen LogP contribution in [0.5, 0.6) is 5.75 Å². The molecule has 4 heteroatoms. The van der Waals surface area contributed by atoms with Gasteiger partial charge in [0.2, 0.25) is 0 Å². The molecule has 0 atom stereocenters. The Bertz CT molecular complexity index is 559. The highest BCUT2D eigenvalue weighted by Gasteiger charge is 2.16. The molecule has 0 radical (unpaired) electrons. The molecule has 1 aromatic rings. The van der Waals surface area contributed by atoms with E-state index < -0.39 is 0 Å². The number of carbonyl (C=O) groups excluding carboxylic acids is 2. The second-order valence-electron chi connectivity index (χ2n) is 6.71. The molecule has 1 saturated carbocycles. The van der Waals surface area contributed by atoms with Crippen molar-refractivity contribution in [1.82, 2.24) is 0 Å². The van der Waals surface area contributed by atoms with Gasteiger partial charge in [-0.3, -0.25) is 9.59 Å². The minimum Gasteiger partial charge on any atom is -0.465 e. The molecule has 24 heavy (non-hydrogen) atoms. The second-order valence-corrected chi connectivity index (χ2v) is 6.71. The molecule has 0 aromatic heterocycles. The highest BCUT2D eigenvalue weighted by Crippen LogP contribution is 2.24. The SMILES string of the molecule is Cc1cccc(OC(=O)CCCC(=O)OCC2CCCCC2)c1C. The smallest absolute Gasteiger partial charge is 0.311 e. The summed E-state index contributed by atoms with van der Waals surface area (Å²) in [4.78, 5) is 23.6. The van der Waals surface area contributed by atoms with Crippen LogP contribution in [-0.4, -0.2) is 18.5 Å². The number of hydrogen-bond donors (Lipinski definition) is 0. The summed E-state index contributed by atoms with van der Waals surface area (Å²) in [5, 5.41) is 0. The van der Waals surface area contributed by atoms with Crippen LogP contribution in [0.4, 0.5) is 0 Å². The van der Waals surface area contributed by atoms with E-state index in [4.69, 9.17) is 9.47 Å². The molecule has 4 nitrogen and oxygen atoms in total. The lowest BCUT2D eigenvalue weighted by Crippen LogP contribution is -2.17. The van der Waals surface area contributed by atoms with E-state index in [2.05, 4.69) is 0 Å². The zero-order chi connectivity index (χ0) is 17.4. The number of aryl methyl sites for hydroxylation is 1. The molecule has 0 saturated heterocycles. The fourth-order valence-corrected chi connectivity index (χ4v) is 3.02. The summed E-state index contributed by atoms with van der Waals surface area (Å²) in [6.45, 7) is 4.45. The van der Waals surface area contributed by atoms with Gasteiger partial charge in [0.25, 0.3) is 0 Å². The van der Waals surface area contributed by atoms with E-state index in [1.165, 1.54) is 19.3 Å². The zero-order valence-electron chi connectivity index (χ0n) is 14.8. The Balaban J connectivity index is 1.63. The topological polar surface area (TPSA) is 52.6 Å². The quantitative estimate of drug-likeness (QED) is 0.545. The molecule has 132 valence electrons. The average Bonchev–Trinajstić information content (AvgIpc) is 2.58. The Morgan fingerprint density at radius 1 is 1.04 bits per heavy atom. The van der Waals surface area contributed by atoms with Crippen LogP contribution in [0.15, 0.2) is 18.2 Å². The van der Waals surface area contributed by atoms with Crippen molar-refractivity contribution in [2.75, 3.05) is 6.61 Å². The Morgan fingerprint density at radius 3 is 2.50 bits per heavy atom. The molecular weight excluding hydrogens is 304 g/mol.